The minimum Gasteiger partial charge on any atom is -0.428 e. The summed E-state index contributed by atoms with van der Waals surface area (Å²) >= 11 is 0. The summed E-state index contributed by atoms with van der Waals surface area (Å²) in [4.78, 5) is 8.21. The highest BCUT2D eigenvalue weighted by Crippen LogP contribution is 2.60. The molecule has 0 aliphatic carbocycles. The van der Waals surface area contributed by atoms with Crippen LogP contribution in [0.2, 0.25) is 0 Å². The standard InChI is InChI=1S/C30H36F12N2O3/c1-3-5-7-8-9-10-11-21-19-43-24(44-20-21)22-12-14-23(15-13-22)47-30(41,42)28(37,38)26(33,34)25(31,32)27(35,36)29(39,40)46-18-17-45-16-6-4-2/h12-15,19-20H,3-11,16-18H2,1-2H3. The van der Waals surface area contributed by atoms with E-state index in [1.54, 1.807) is 6.92 Å². The molecule has 0 unspecified atom stereocenters. The molecule has 0 radical (unpaired) electrons. The molecule has 0 spiro atoms. The third-order valence-corrected chi connectivity index (χ3v) is 6.95. The molecule has 1 aromatic heterocycles. The van der Waals surface area contributed by atoms with Crippen LogP contribution in [0.15, 0.2) is 36.7 Å². The zero-order valence-corrected chi connectivity index (χ0v) is 25.6. The zero-order chi connectivity index (χ0) is 35.6. The van der Waals surface area contributed by atoms with Crippen LogP contribution in [0.5, 0.6) is 5.75 Å². The SMILES string of the molecule is CCCCCCCCc1cnc(-c2ccc(OC(F)(F)C(F)(F)C(F)(F)C(F)(F)C(F)(F)C(F)(F)OCCOCCCC)cc2)nc1. The highest BCUT2D eigenvalue weighted by Gasteiger charge is 2.91. The summed E-state index contributed by atoms with van der Waals surface area (Å²) in [5.41, 5.74) is 0.920. The summed E-state index contributed by atoms with van der Waals surface area (Å²) in [7, 11) is 0. The van der Waals surface area contributed by atoms with Crippen LogP contribution >= 0.6 is 0 Å². The van der Waals surface area contributed by atoms with E-state index in [9.17, 15) is 52.7 Å². The van der Waals surface area contributed by atoms with Crippen molar-refractivity contribution >= 4 is 0 Å². The maximum Gasteiger partial charge on any atom is 0.471 e. The van der Waals surface area contributed by atoms with E-state index in [0.29, 0.717) is 31.4 Å². The molecule has 2 aromatic rings. The maximum absolute atomic E-state index is 14.3. The van der Waals surface area contributed by atoms with Gasteiger partial charge in [-0.1, -0.05) is 52.4 Å². The minimum absolute atomic E-state index is 0.0458. The first-order chi connectivity index (χ1) is 21.8. The van der Waals surface area contributed by atoms with Gasteiger partial charge in [-0.2, -0.15) is 52.7 Å². The van der Waals surface area contributed by atoms with Gasteiger partial charge in [0, 0.05) is 24.6 Å². The van der Waals surface area contributed by atoms with Crippen LogP contribution in [0.25, 0.3) is 11.4 Å². The summed E-state index contributed by atoms with van der Waals surface area (Å²) in [6.45, 7) is 1.29. The molecule has 47 heavy (non-hydrogen) atoms. The third-order valence-electron chi connectivity index (χ3n) is 6.95. The molecule has 0 aliphatic heterocycles. The van der Waals surface area contributed by atoms with Crippen molar-refractivity contribution in [2.45, 2.75) is 108 Å². The molecule has 2 rings (SSSR count). The van der Waals surface area contributed by atoms with Crippen molar-refractivity contribution in [1.82, 2.24) is 9.97 Å². The summed E-state index contributed by atoms with van der Waals surface area (Å²) in [6, 6.07) is 2.97. The van der Waals surface area contributed by atoms with E-state index in [1.807, 2.05) is 0 Å². The molecule has 1 heterocycles. The molecule has 1 aromatic carbocycles. The van der Waals surface area contributed by atoms with Crippen LogP contribution < -0.4 is 4.74 Å². The largest absolute Gasteiger partial charge is 0.471 e. The van der Waals surface area contributed by atoms with Gasteiger partial charge in [0.2, 0.25) is 0 Å². The van der Waals surface area contributed by atoms with E-state index < -0.39 is 54.9 Å². The van der Waals surface area contributed by atoms with Crippen molar-refractivity contribution in [3.8, 4) is 17.1 Å². The van der Waals surface area contributed by atoms with Crippen LogP contribution in [0, 0.1) is 0 Å². The molecular weight excluding hydrogens is 664 g/mol. The number of ether oxygens (including phenoxy) is 3. The molecule has 0 fully saturated rings. The van der Waals surface area contributed by atoms with Gasteiger partial charge in [-0.3, -0.25) is 0 Å². The number of aromatic nitrogens is 2. The lowest BCUT2D eigenvalue weighted by Crippen LogP contribution is -2.71. The van der Waals surface area contributed by atoms with Gasteiger partial charge in [-0.15, -0.1) is 0 Å². The fraction of sp³-hybridized carbons (Fsp3) is 0.667. The summed E-state index contributed by atoms with van der Waals surface area (Å²) < 4.78 is 181. The van der Waals surface area contributed by atoms with Gasteiger partial charge in [0.05, 0.1) is 13.2 Å². The number of benzene rings is 1. The average Bonchev–Trinajstić information content (AvgIpc) is 3.00. The second kappa shape index (κ2) is 16.5. The Hall–Kier alpha value is -2.82. The number of halogens is 12. The fourth-order valence-electron chi connectivity index (χ4n) is 4.05. The third kappa shape index (κ3) is 9.42. The van der Waals surface area contributed by atoms with Gasteiger partial charge in [0.1, 0.15) is 5.75 Å². The Morgan fingerprint density at radius 1 is 0.553 bits per heavy atom. The van der Waals surface area contributed by atoms with Gasteiger partial charge in [-0.05, 0) is 49.1 Å². The number of aryl methyl sites for hydroxylation is 1. The summed E-state index contributed by atoms with van der Waals surface area (Å²) in [5.74, 6) is -31.7. The quantitative estimate of drug-likeness (QED) is 0.0905. The van der Waals surface area contributed by atoms with Crippen LogP contribution in [0.3, 0.4) is 0 Å². The van der Waals surface area contributed by atoms with Gasteiger partial charge in [-0.25, -0.2) is 9.97 Å². The van der Waals surface area contributed by atoms with Crippen molar-refractivity contribution in [3.05, 3.63) is 42.2 Å². The van der Waals surface area contributed by atoms with Gasteiger partial charge in [0.25, 0.3) is 0 Å². The van der Waals surface area contributed by atoms with Crippen molar-refractivity contribution < 1.29 is 66.9 Å². The van der Waals surface area contributed by atoms with Crippen LogP contribution in [-0.4, -0.2) is 65.7 Å². The molecule has 0 atom stereocenters. The summed E-state index contributed by atoms with van der Waals surface area (Å²) in [6.07, 6.45) is -2.11. The highest BCUT2D eigenvalue weighted by molar-refractivity contribution is 5.56. The highest BCUT2D eigenvalue weighted by atomic mass is 19.4. The Bertz CT molecular complexity index is 1210. The Morgan fingerprint density at radius 3 is 1.62 bits per heavy atom. The monoisotopic (exact) mass is 700 g/mol. The number of nitrogens with zero attached hydrogens (tertiary/aromatic N) is 2. The van der Waals surface area contributed by atoms with Crippen LogP contribution in [-0.2, 0) is 15.9 Å². The second-order valence-corrected chi connectivity index (χ2v) is 10.7. The van der Waals surface area contributed by atoms with Crippen molar-refractivity contribution in [3.63, 3.8) is 0 Å². The first-order valence-corrected chi connectivity index (χ1v) is 14.9. The minimum atomic E-state index is -7.80. The average molecular weight is 701 g/mol. The lowest BCUT2D eigenvalue weighted by molar-refractivity contribution is -0.470. The Balaban J connectivity index is 2.13. The van der Waals surface area contributed by atoms with Gasteiger partial charge in [0.15, 0.2) is 5.82 Å². The first kappa shape index (κ1) is 40.4. The molecule has 0 saturated carbocycles. The van der Waals surface area contributed by atoms with E-state index in [2.05, 4.69) is 31.1 Å². The van der Waals surface area contributed by atoms with E-state index in [-0.39, 0.29) is 18.0 Å². The fourth-order valence-corrected chi connectivity index (χ4v) is 4.05. The maximum atomic E-state index is 14.3. The lowest BCUT2D eigenvalue weighted by atomic mass is 9.97. The van der Waals surface area contributed by atoms with Crippen LogP contribution in [0.4, 0.5) is 52.7 Å². The topological polar surface area (TPSA) is 53.5 Å². The number of hydrogen-bond donors (Lipinski definition) is 0. The van der Waals surface area contributed by atoms with Gasteiger partial charge < -0.3 is 14.2 Å². The molecule has 17 heteroatoms. The molecule has 0 N–H and O–H groups in total. The Morgan fingerprint density at radius 2 is 1.06 bits per heavy atom. The van der Waals surface area contributed by atoms with E-state index in [0.717, 1.165) is 56.2 Å². The van der Waals surface area contributed by atoms with Crippen molar-refractivity contribution in [1.29, 1.82) is 0 Å². The second-order valence-electron chi connectivity index (χ2n) is 10.7. The molecule has 0 saturated heterocycles. The number of alkyl halides is 12. The lowest BCUT2D eigenvalue weighted by Gasteiger charge is -2.40. The molecule has 268 valence electrons. The molecule has 0 bridgehead atoms. The van der Waals surface area contributed by atoms with E-state index in [4.69, 9.17) is 0 Å². The predicted molar refractivity (Wildman–Crippen MR) is 147 cm³/mol. The van der Waals surface area contributed by atoms with Crippen molar-refractivity contribution in [2.75, 3.05) is 19.8 Å². The molecule has 0 amide bonds. The normalized spacial score (nSPS) is 13.7. The van der Waals surface area contributed by atoms with E-state index >= 15 is 0 Å². The summed E-state index contributed by atoms with van der Waals surface area (Å²) in [5, 5.41) is 0. The van der Waals surface area contributed by atoms with E-state index in [1.165, 1.54) is 12.4 Å². The Labute approximate surface area is 264 Å². The van der Waals surface area contributed by atoms with Gasteiger partial charge >= 0.3 is 35.9 Å². The first-order valence-electron chi connectivity index (χ1n) is 14.9. The number of rotatable bonds is 22. The smallest absolute Gasteiger partial charge is 0.428 e. The number of unbranched alkanes of at least 4 members (excludes halogenated alkanes) is 6. The predicted octanol–water partition coefficient (Wildman–Crippen LogP) is 9.99. The number of hydrogen-bond acceptors (Lipinski definition) is 5. The van der Waals surface area contributed by atoms with Crippen LogP contribution in [0.1, 0.15) is 70.8 Å². The molecule has 5 nitrogen and oxygen atoms in total. The molecule has 0 aliphatic rings. The Kier molecular flexibility index (Phi) is 14.2. The molecular formula is C30H36F12N2O3. The zero-order valence-electron chi connectivity index (χ0n) is 25.6. The van der Waals surface area contributed by atoms with Crippen molar-refractivity contribution in [2.24, 2.45) is 0 Å².